The van der Waals surface area contributed by atoms with Crippen molar-refractivity contribution in [2.75, 3.05) is 24.4 Å². The molecule has 140 valence electrons. The first-order chi connectivity index (χ1) is 12.5. The second-order valence-electron chi connectivity index (χ2n) is 6.72. The number of ether oxygens (including phenoxy) is 1. The molecule has 26 heavy (non-hydrogen) atoms. The van der Waals surface area contributed by atoms with Crippen molar-refractivity contribution in [2.45, 2.75) is 37.7 Å². The van der Waals surface area contributed by atoms with Crippen molar-refractivity contribution in [1.29, 1.82) is 0 Å². The van der Waals surface area contributed by atoms with Crippen LogP contribution in [0.1, 0.15) is 25.3 Å². The Morgan fingerprint density at radius 2 is 1.81 bits per heavy atom. The number of hydrogen-bond donors (Lipinski definition) is 1. The van der Waals surface area contributed by atoms with E-state index in [4.69, 9.17) is 4.74 Å². The molecule has 1 saturated heterocycles. The number of likely N-dealkylation sites (tertiary alicyclic amines) is 1. The summed E-state index contributed by atoms with van der Waals surface area (Å²) in [5.41, 5.74) is 1.55. The largest absolute Gasteiger partial charge is 0.489 e. The Bertz CT molecular complexity index is 817. The summed E-state index contributed by atoms with van der Waals surface area (Å²) in [6.45, 7) is 7.21. The molecular formula is C20H26N2O3S. The van der Waals surface area contributed by atoms with Crippen LogP contribution >= 0.6 is 0 Å². The molecule has 1 aliphatic rings. The van der Waals surface area contributed by atoms with Crippen LogP contribution in [-0.4, -0.2) is 39.1 Å². The quantitative estimate of drug-likeness (QED) is 0.838. The zero-order chi connectivity index (χ0) is 18.6. The molecule has 1 N–H and O–H groups in total. The molecule has 5 nitrogen and oxygen atoms in total. The molecule has 0 aliphatic carbocycles. The first kappa shape index (κ1) is 18.7. The maximum absolute atomic E-state index is 12.4. The lowest BCUT2D eigenvalue weighted by atomic mass is 10.1. The minimum atomic E-state index is -3.58. The van der Waals surface area contributed by atoms with Gasteiger partial charge in [-0.05, 0) is 69.3 Å². The Labute approximate surface area is 156 Å². The highest BCUT2D eigenvalue weighted by Crippen LogP contribution is 2.22. The van der Waals surface area contributed by atoms with E-state index in [2.05, 4.69) is 16.5 Å². The van der Waals surface area contributed by atoms with E-state index in [1.807, 2.05) is 19.1 Å². The van der Waals surface area contributed by atoms with Crippen LogP contribution in [0.25, 0.3) is 0 Å². The third kappa shape index (κ3) is 4.77. The van der Waals surface area contributed by atoms with Gasteiger partial charge in [0.05, 0.1) is 4.90 Å². The number of rotatable bonds is 6. The summed E-state index contributed by atoms with van der Waals surface area (Å²) in [6, 6.07) is 13.9. The lowest BCUT2D eigenvalue weighted by molar-refractivity contribution is 0.0920. The van der Waals surface area contributed by atoms with Gasteiger partial charge in [-0.15, -0.1) is 0 Å². The van der Waals surface area contributed by atoms with Crippen molar-refractivity contribution >= 4 is 15.7 Å². The number of hydrogen-bond acceptors (Lipinski definition) is 4. The minimum absolute atomic E-state index is 0.193. The van der Waals surface area contributed by atoms with Gasteiger partial charge < -0.3 is 4.74 Å². The zero-order valence-corrected chi connectivity index (χ0v) is 16.1. The third-order valence-corrected chi connectivity index (χ3v) is 6.05. The Morgan fingerprint density at radius 1 is 1.12 bits per heavy atom. The average molecular weight is 375 g/mol. The lowest BCUT2D eigenvalue weighted by Crippen LogP contribution is -2.40. The lowest BCUT2D eigenvalue weighted by Gasteiger charge is -2.32. The maximum atomic E-state index is 12.4. The number of sulfonamides is 1. The van der Waals surface area contributed by atoms with Gasteiger partial charge in [0.1, 0.15) is 11.9 Å². The smallest absolute Gasteiger partial charge is 0.261 e. The topological polar surface area (TPSA) is 58.6 Å². The van der Waals surface area contributed by atoms with Crippen molar-refractivity contribution < 1.29 is 13.2 Å². The molecule has 2 aromatic carbocycles. The van der Waals surface area contributed by atoms with Gasteiger partial charge in [-0.3, -0.25) is 9.62 Å². The molecule has 1 heterocycles. The molecule has 1 atom stereocenters. The SMILES string of the molecule is CCN1CCCC(Oc2ccc(NS(=O)(=O)c3ccc(C)cc3)cc2)C1. The molecule has 0 saturated carbocycles. The fourth-order valence-electron chi connectivity index (χ4n) is 3.12. The summed E-state index contributed by atoms with van der Waals surface area (Å²) < 4.78 is 33.5. The first-order valence-electron chi connectivity index (χ1n) is 9.05. The summed E-state index contributed by atoms with van der Waals surface area (Å²) in [5.74, 6) is 0.770. The van der Waals surface area contributed by atoms with Gasteiger partial charge in [0.15, 0.2) is 0 Å². The fourth-order valence-corrected chi connectivity index (χ4v) is 4.18. The molecule has 3 rings (SSSR count). The Hall–Kier alpha value is -2.05. The number of anilines is 1. The molecule has 1 unspecified atom stereocenters. The van der Waals surface area contributed by atoms with E-state index in [0.29, 0.717) is 5.69 Å². The Morgan fingerprint density at radius 3 is 2.46 bits per heavy atom. The number of nitrogens with zero attached hydrogens (tertiary/aromatic N) is 1. The molecule has 0 radical (unpaired) electrons. The van der Waals surface area contributed by atoms with Crippen molar-refractivity contribution in [3.8, 4) is 5.75 Å². The molecule has 1 aliphatic heterocycles. The zero-order valence-electron chi connectivity index (χ0n) is 15.3. The molecule has 0 spiro atoms. The average Bonchev–Trinajstić information content (AvgIpc) is 2.64. The Balaban J connectivity index is 1.63. The summed E-state index contributed by atoms with van der Waals surface area (Å²) in [7, 11) is -3.58. The summed E-state index contributed by atoms with van der Waals surface area (Å²) in [4.78, 5) is 2.64. The second-order valence-corrected chi connectivity index (χ2v) is 8.40. The molecule has 6 heteroatoms. The predicted octanol–water partition coefficient (Wildman–Crippen LogP) is 3.66. The fraction of sp³-hybridized carbons (Fsp3) is 0.400. The van der Waals surface area contributed by atoms with E-state index in [1.165, 1.54) is 0 Å². The highest BCUT2D eigenvalue weighted by molar-refractivity contribution is 7.92. The second kappa shape index (κ2) is 8.10. The van der Waals surface area contributed by atoms with Gasteiger partial charge in [-0.2, -0.15) is 0 Å². The van der Waals surface area contributed by atoms with E-state index >= 15 is 0 Å². The molecule has 1 fully saturated rings. The number of aryl methyl sites for hydroxylation is 1. The summed E-state index contributed by atoms with van der Waals surface area (Å²) >= 11 is 0. The van der Waals surface area contributed by atoms with E-state index in [9.17, 15) is 8.42 Å². The highest BCUT2D eigenvalue weighted by atomic mass is 32.2. The van der Waals surface area contributed by atoms with E-state index in [-0.39, 0.29) is 11.0 Å². The van der Waals surface area contributed by atoms with Crippen LogP contribution in [0, 0.1) is 6.92 Å². The molecule has 0 aromatic heterocycles. The van der Waals surface area contributed by atoms with Gasteiger partial charge in [0.2, 0.25) is 0 Å². The van der Waals surface area contributed by atoms with Crippen molar-refractivity contribution in [2.24, 2.45) is 0 Å². The highest BCUT2D eigenvalue weighted by Gasteiger charge is 2.20. The van der Waals surface area contributed by atoms with Crippen LogP contribution in [0.5, 0.6) is 5.75 Å². The molecule has 0 bridgehead atoms. The van der Waals surface area contributed by atoms with E-state index in [0.717, 1.165) is 43.8 Å². The summed E-state index contributed by atoms with van der Waals surface area (Å²) in [6.07, 6.45) is 2.39. The standard InChI is InChI=1S/C20H26N2O3S/c1-3-22-14-4-5-19(15-22)25-18-10-8-17(9-11-18)21-26(23,24)20-12-6-16(2)7-13-20/h6-13,19,21H,3-5,14-15H2,1-2H3. The predicted molar refractivity (Wildman–Crippen MR) is 104 cm³/mol. The normalized spacial score (nSPS) is 18.5. The van der Waals surface area contributed by atoms with Crippen LogP contribution < -0.4 is 9.46 Å². The molecule has 2 aromatic rings. The van der Waals surface area contributed by atoms with Gasteiger partial charge >= 0.3 is 0 Å². The molecule has 0 amide bonds. The first-order valence-corrected chi connectivity index (χ1v) is 10.5. The number of benzene rings is 2. The van der Waals surface area contributed by atoms with Gasteiger partial charge in [-0.25, -0.2) is 8.42 Å². The van der Waals surface area contributed by atoms with Crippen LogP contribution in [0.3, 0.4) is 0 Å². The van der Waals surface area contributed by atoms with Crippen molar-refractivity contribution in [3.05, 3.63) is 54.1 Å². The Kier molecular flexibility index (Phi) is 5.84. The van der Waals surface area contributed by atoms with Crippen LogP contribution in [0.4, 0.5) is 5.69 Å². The van der Waals surface area contributed by atoms with Crippen molar-refractivity contribution in [1.82, 2.24) is 4.90 Å². The minimum Gasteiger partial charge on any atom is -0.489 e. The van der Waals surface area contributed by atoms with Gasteiger partial charge in [0, 0.05) is 12.2 Å². The van der Waals surface area contributed by atoms with E-state index < -0.39 is 10.0 Å². The van der Waals surface area contributed by atoms with Gasteiger partial charge in [-0.1, -0.05) is 24.6 Å². The number of likely N-dealkylation sites (N-methyl/N-ethyl adjacent to an activating group) is 1. The monoisotopic (exact) mass is 374 g/mol. The molecular weight excluding hydrogens is 348 g/mol. The number of nitrogens with one attached hydrogen (secondary N) is 1. The van der Waals surface area contributed by atoms with Crippen LogP contribution in [0.2, 0.25) is 0 Å². The maximum Gasteiger partial charge on any atom is 0.261 e. The number of piperidine rings is 1. The van der Waals surface area contributed by atoms with Gasteiger partial charge in [0.25, 0.3) is 10.0 Å². The van der Waals surface area contributed by atoms with Crippen LogP contribution in [-0.2, 0) is 10.0 Å². The van der Waals surface area contributed by atoms with Crippen molar-refractivity contribution in [3.63, 3.8) is 0 Å². The summed E-state index contributed by atoms with van der Waals surface area (Å²) in [5, 5.41) is 0. The van der Waals surface area contributed by atoms with E-state index in [1.54, 1.807) is 36.4 Å². The van der Waals surface area contributed by atoms with Crippen LogP contribution in [0.15, 0.2) is 53.4 Å². The third-order valence-electron chi connectivity index (χ3n) is 4.65.